The first-order valence-electron chi connectivity index (χ1n) is 30.2. The van der Waals surface area contributed by atoms with Crippen LogP contribution in [0.5, 0.6) is 0 Å². The van der Waals surface area contributed by atoms with Gasteiger partial charge in [0.1, 0.15) is 35.2 Å². The maximum absolute atomic E-state index is 13.5. The van der Waals surface area contributed by atoms with Crippen LogP contribution in [0.25, 0.3) is 56.5 Å². The summed E-state index contributed by atoms with van der Waals surface area (Å²) < 4.78 is 147. The van der Waals surface area contributed by atoms with Crippen LogP contribution in [0.3, 0.4) is 0 Å². The van der Waals surface area contributed by atoms with Gasteiger partial charge in [0.15, 0.2) is 51.8 Å². The third-order valence-corrected chi connectivity index (χ3v) is 16.8. The number of halogens is 11. The van der Waals surface area contributed by atoms with E-state index in [0.29, 0.717) is 40.3 Å². The lowest BCUT2D eigenvalue weighted by Gasteiger charge is -2.05. The van der Waals surface area contributed by atoms with Crippen LogP contribution in [-0.4, -0.2) is 151 Å². The van der Waals surface area contributed by atoms with Crippen LogP contribution in [0.15, 0.2) is 175 Å². The zero-order chi connectivity index (χ0) is 86.4. The fourth-order valence-corrected chi connectivity index (χ4v) is 10.3. The number of hydrogen-bond donors (Lipinski definition) is 13. The Hall–Kier alpha value is -12.6. The molecule has 8 aromatic heterocycles. The summed E-state index contributed by atoms with van der Waals surface area (Å²) in [6.45, 7) is 6.97. The molecule has 0 spiro atoms. The number of nitrogens with one attached hydrogen (secondary N) is 3. The Morgan fingerprint density at radius 3 is 1.26 bits per heavy atom. The van der Waals surface area contributed by atoms with Gasteiger partial charge in [0.05, 0.1) is 50.9 Å². The SMILES string of the molecule is NCCNc1nonc1-c1noc(=O)n1-c1ccc(F)c(Br)c1.NS(=O)(=O)CCCNc1nonc1-c1noc(=O)n1-c1ccc(F)c(Br)c1.NS(N)(=O)=O.Nc1ccc(F)c(Br)c1.Nc1nonc1-c1noc(=O)n1-c1ccc(F)c(Br)c1.Nc1nonc1/C(Cl)=N/O.Nc1nonc1C(=Nc1ccc(F)c(Br)c1)NO.[C-]#[N+]CC#N. The van der Waals surface area contributed by atoms with Gasteiger partial charge in [-0.15, -0.1) is 0 Å². The fraction of sp³-hybridized carbons (Fsp3) is 0.107. The summed E-state index contributed by atoms with van der Waals surface area (Å²) in [6.07, 6.45) is 0.210. The molecule has 618 valence electrons. The van der Waals surface area contributed by atoms with Gasteiger partial charge < -0.3 is 49.4 Å². The quantitative estimate of drug-likeness (QED) is 0.00593. The number of hydroxylamine groups is 1. The second-order valence-corrected chi connectivity index (χ2v) is 28.2. The van der Waals surface area contributed by atoms with Crippen LogP contribution in [0, 0.1) is 47.0 Å². The highest BCUT2D eigenvalue weighted by molar-refractivity contribution is 9.11. The summed E-state index contributed by atoms with van der Waals surface area (Å²) in [5.41, 5.74) is 31.0. The second-order valence-electron chi connectivity index (χ2n) is 20.7. The predicted octanol–water partition coefficient (Wildman–Crippen LogP) is 5.76. The Labute approximate surface area is 693 Å². The van der Waals surface area contributed by atoms with Crippen molar-refractivity contribution >= 4 is 163 Å². The molecule has 117 heavy (non-hydrogen) atoms. The molecule has 0 saturated carbocycles. The Morgan fingerprint density at radius 1 is 0.547 bits per heavy atom. The number of aliphatic imine (C=N–C) groups is 1. The number of hydrogen-bond acceptors (Lipinski definition) is 40. The van der Waals surface area contributed by atoms with Gasteiger partial charge in [0.25, 0.3) is 16.8 Å². The smallest absolute Gasteiger partial charge is 0.410 e. The van der Waals surface area contributed by atoms with E-state index >= 15 is 0 Å². The van der Waals surface area contributed by atoms with Crippen molar-refractivity contribution in [3.8, 4) is 57.7 Å². The Kier molecular flexibility index (Phi) is 35.3. The van der Waals surface area contributed by atoms with Crippen LogP contribution >= 0.6 is 91.3 Å². The van der Waals surface area contributed by atoms with E-state index in [-0.39, 0.29) is 141 Å². The largest absolute Gasteiger partial charge is 0.446 e. The number of sulfonamides is 1. The molecule has 0 fully saturated rings. The van der Waals surface area contributed by atoms with Crippen LogP contribution in [-0.2, 0) is 20.2 Å². The number of primary sulfonamides is 1. The third-order valence-electron chi connectivity index (χ3n) is 12.6. The molecule has 21 N–H and O–H groups in total. The molecule has 0 amide bonds. The highest BCUT2D eigenvalue weighted by atomic mass is 79.9. The van der Waals surface area contributed by atoms with E-state index < -0.39 is 60.8 Å². The van der Waals surface area contributed by atoms with E-state index in [4.69, 9.17) is 67.7 Å². The van der Waals surface area contributed by atoms with Crippen molar-refractivity contribution in [1.82, 2.24) is 86.2 Å². The monoisotopic (exact) mass is 2010 g/mol. The van der Waals surface area contributed by atoms with Gasteiger partial charge in [-0.05, 0) is 229 Å². The molecule has 0 atom stereocenters. The average Bonchev–Trinajstić information content (AvgIpc) is 1.65. The number of nitrogen functional groups attached to an aromatic ring is 4. The summed E-state index contributed by atoms with van der Waals surface area (Å²) in [7, 11) is -7.25. The molecule has 0 radical (unpaired) electrons. The Bertz CT molecular complexity index is 6110. The standard InChI is InChI=1S/C13H12BrFN6O5S.C12H10BrFN6O3.C10H5BrFN5O3.C9H7BrFN5O2.C6H5BrFN.C3H3ClN4O2.C3H2N2.H4N2O2S/c14-8-6-7(2-3-9(8)15)21-12(20-25-13(21)22)10-11(19-26-18-10)17-4-1-5-27(16,23)24;13-7-5-6(1-2-8(7)14)20-11(19-22-12(20)21)9-10(16-4-3-15)18-23-17-9;11-5-3-4(1-2-6(5)12)17-9(16-19-10(17)18)7-8(13)15-20-14-7;10-5-3-4(1-2-6(5)11)13-9(14-17)7-8(12)16-18-15-7;7-5-3-4(9)1-2-6(5)8;4-2(6-9)1-3(5)8-10-7-1;1-5-3-2-4;1-5(2,3)4/h2-3,6H,1,4-5H2,(H,17,19)(H2,16,23,24);1-2,5H,3-4,15H2,(H,16,18);1-3H,(H2,13,15);1-3,17H,(H2,12,16)(H,13,14);1-3H,9H2;9H,(H2,5,8);3H2;(H4,1,2,3,4)/b;;;;;6-2-;;. The summed E-state index contributed by atoms with van der Waals surface area (Å²) in [5, 5.41) is 91.8. The van der Waals surface area contributed by atoms with Gasteiger partial charge in [-0.2, -0.15) is 13.7 Å². The molecule has 0 aliphatic carbocycles. The number of oxime groups is 1. The number of nitriles is 1. The van der Waals surface area contributed by atoms with Gasteiger partial charge >= 0.3 is 17.3 Å². The van der Waals surface area contributed by atoms with Crippen molar-refractivity contribution in [1.29, 1.82) is 5.26 Å². The minimum atomic E-state index is -3.67. The molecule has 13 aromatic rings. The van der Waals surface area contributed by atoms with Gasteiger partial charge in [-0.1, -0.05) is 32.2 Å². The number of aromatic nitrogens is 16. The Balaban J connectivity index is 0.000000219. The van der Waals surface area contributed by atoms with E-state index in [0.717, 1.165) is 19.8 Å². The minimum Gasteiger partial charge on any atom is -0.410 e. The van der Waals surface area contributed by atoms with Crippen molar-refractivity contribution in [2.75, 3.05) is 65.5 Å². The summed E-state index contributed by atoms with van der Waals surface area (Å²) in [6, 6.07) is 22.0. The molecular weight excluding hydrogens is 1970 g/mol. The number of rotatable bonds is 17. The number of anilines is 6. The third kappa shape index (κ3) is 27.8. The first-order chi connectivity index (χ1) is 55.4. The lowest BCUT2D eigenvalue weighted by Crippen LogP contribution is -2.21. The van der Waals surface area contributed by atoms with E-state index in [9.17, 15) is 53.2 Å². The Morgan fingerprint density at radius 2 is 0.923 bits per heavy atom. The average molecular weight is 2020 g/mol. The highest BCUT2D eigenvalue weighted by Crippen LogP contribution is 2.30. The molecule has 0 unspecified atom stereocenters. The summed E-state index contributed by atoms with van der Waals surface area (Å²) in [4.78, 5) is 42.5. The van der Waals surface area contributed by atoms with Crippen LogP contribution in [0.4, 0.5) is 62.4 Å². The first-order valence-corrected chi connectivity index (χ1v) is 37.8. The van der Waals surface area contributed by atoms with Crippen molar-refractivity contribution in [2.24, 2.45) is 31.3 Å². The van der Waals surface area contributed by atoms with Crippen LogP contribution in [0.2, 0.25) is 0 Å². The van der Waals surface area contributed by atoms with E-state index in [1.54, 1.807) is 6.07 Å². The molecule has 5 aromatic carbocycles. The van der Waals surface area contributed by atoms with Gasteiger partial charge in [0, 0.05) is 25.3 Å². The maximum atomic E-state index is 13.5. The molecule has 13 rings (SSSR count). The summed E-state index contributed by atoms with van der Waals surface area (Å²) >= 11 is 20.4. The van der Waals surface area contributed by atoms with Crippen molar-refractivity contribution in [3.63, 3.8) is 0 Å². The van der Waals surface area contributed by atoms with E-state index in [2.05, 4.69) is 219 Å². The first kappa shape index (κ1) is 93.2. The molecule has 0 saturated heterocycles. The number of nitrogens with zero attached hydrogens (tertiary/aromatic N) is 20. The van der Waals surface area contributed by atoms with Gasteiger partial charge in [-0.3, -0.25) is 24.3 Å². The number of nitrogens with two attached hydrogens (primary N) is 8. The lowest BCUT2D eigenvalue weighted by atomic mass is 10.3. The fourth-order valence-electron chi connectivity index (χ4n) is 7.79. The maximum Gasteiger partial charge on any atom is 0.446 e. The predicted molar refractivity (Wildman–Crippen MR) is 412 cm³/mol. The molecule has 0 aliphatic rings. The van der Waals surface area contributed by atoms with Crippen LogP contribution in [0.1, 0.15) is 17.8 Å². The normalized spacial score (nSPS) is 10.9. The second kappa shape index (κ2) is 44.3. The van der Waals surface area contributed by atoms with Crippen molar-refractivity contribution in [3.05, 3.63) is 197 Å². The zero-order valence-corrected chi connectivity index (χ0v) is 67.8. The minimum absolute atomic E-state index is 0.00672. The van der Waals surface area contributed by atoms with Gasteiger partial charge in [-0.25, -0.2) is 109 Å². The molecule has 0 bridgehead atoms. The number of amidine groups is 1. The van der Waals surface area contributed by atoms with Gasteiger partial charge in [0.2, 0.25) is 44.3 Å². The molecule has 8 heterocycles. The van der Waals surface area contributed by atoms with E-state index in [1.807, 2.05) is 5.48 Å². The van der Waals surface area contributed by atoms with Crippen molar-refractivity contribution < 1.29 is 85.9 Å². The zero-order valence-electron chi connectivity index (χ0n) is 57.5. The summed E-state index contributed by atoms with van der Waals surface area (Å²) in [5.74, 6) is -4.47. The molecular formula is C56H48Br5ClF5N31O17S2. The lowest BCUT2D eigenvalue weighted by molar-refractivity contribution is 0.234. The molecule has 61 heteroatoms. The topological polar surface area (TPSA) is 745 Å². The highest BCUT2D eigenvalue weighted by Gasteiger charge is 2.27. The molecule has 48 nitrogen and oxygen atoms in total. The molecule has 0 aliphatic heterocycles. The number of benzene rings is 5. The van der Waals surface area contributed by atoms with Crippen molar-refractivity contribution in [2.45, 2.75) is 6.42 Å². The van der Waals surface area contributed by atoms with Crippen LogP contribution < -0.4 is 77.5 Å². The van der Waals surface area contributed by atoms with E-state index in [1.165, 1.54) is 84.9 Å².